The lowest BCUT2D eigenvalue weighted by Crippen LogP contribution is -2.41. The zero-order chi connectivity index (χ0) is 19.3. The molecule has 1 heterocycles. The van der Waals surface area contributed by atoms with Crippen molar-refractivity contribution in [2.24, 2.45) is 4.99 Å². The molecule has 6 heteroatoms. The number of nitrogens with one attached hydrogen (secondary N) is 2. The van der Waals surface area contributed by atoms with E-state index in [1.807, 2.05) is 7.05 Å². The van der Waals surface area contributed by atoms with Crippen LogP contribution in [0.4, 0.5) is 0 Å². The number of hydrogen-bond donors (Lipinski definition) is 2. The van der Waals surface area contributed by atoms with Crippen LogP contribution in [0.15, 0.2) is 29.3 Å². The molecule has 1 aromatic carbocycles. The van der Waals surface area contributed by atoms with Crippen LogP contribution in [0.5, 0.6) is 0 Å². The summed E-state index contributed by atoms with van der Waals surface area (Å²) in [6.07, 6.45) is 7.32. The van der Waals surface area contributed by atoms with E-state index in [1.54, 1.807) is 0 Å². The van der Waals surface area contributed by atoms with Crippen LogP contribution < -0.4 is 10.6 Å². The number of ether oxygens (including phenoxy) is 2. The van der Waals surface area contributed by atoms with Crippen molar-refractivity contribution in [3.8, 4) is 0 Å². The summed E-state index contributed by atoms with van der Waals surface area (Å²) in [7, 11) is 1.83. The zero-order valence-corrected chi connectivity index (χ0v) is 20.0. The van der Waals surface area contributed by atoms with Gasteiger partial charge in [0.15, 0.2) is 5.96 Å². The smallest absolute Gasteiger partial charge is 0.191 e. The van der Waals surface area contributed by atoms with Crippen molar-refractivity contribution in [2.75, 3.05) is 20.3 Å². The first-order chi connectivity index (χ1) is 13.2. The average Bonchev–Trinajstić information content (AvgIpc) is 2.71. The van der Waals surface area contributed by atoms with E-state index in [9.17, 15) is 0 Å². The summed E-state index contributed by atoms with van der Waals surface area (Å²) in [4.78, 5) is 4.35. The maximum absolute atomic E-state index is 6.03. The Bertz CT molecular complexity index is 562. The predicted octanol–water partition coefficient (Wildman–Crippen LogP) is 4.63. The van der Waals surface area contributed by atoms with Crippen LogP contribution in [0, 0.1) is 0 Å². The molecule has 1 atom stereocenters. The molecule has 1 aromatic rings. The molecule has 1 aliphatic heterocycles. The largest absolute Gasteiger partial charge is 0.381 e. The maximum Gasteiger partial charge on any atom is 0.191 e. The molecule has 0 bridgehead atoms. The van der Waals surface area contributed by atoms with Crippen LogP contribution in [0.2, 0.25) is 0 Å². The van der Waals surface area contributed by atoms with Crippen molar-refractivity contribution in [1.29, 1.82) is 0 Å². The van der Waals surface area contributed by atoms with Crippen molar-refractivity contribution in [1.82, 2.24) is 10.6 Å². The van der Waals surface area contributed by atoms with Gasteiger partial charge in [-0.15, -0.1) is 24.0 Å². The van der Waals surface area contributed by atoms with Crippen molar-refractivity contribution >= 4 is 29.9 Å². The number of unbranched alkanes of at least 4 members (excludes halogenated alkanes) is 2. The van der Waals surface area contributed by atoms with E-state index in [2.05, 4.69) is 53.7 Å². The fraction of sp³-hybridized carbons (Fsp3) is 0.682. The Labute approximate surface area is 188 Å². The first kappa shape index (κ1) is 25.2. The second-order valence-corrected chi connectivity index (χ2v) is 7.41. The minimum absolute atomic E-state index is 0. The second-order valence-electron chi connectivity index (χ2n) is 7.41. The lowest BCUT2D eigenvalue weighted by molar-refractivity contribution is -0.0390. The first-order valence-electron chi connectivity index (χ1n) is 10.5. The van der Waals surface area contributed by atoms with Crippen molar-refractivity contribution in [2.45, 2.75) is 77.7 Å². The fourth-order valence-electron chi connectivity index (χ4n) is 3.27. The van der Waals surface area contributed by atoms with Gasteiger partial charge >= 0.3 is 0 Å². The highest BCUT2D eigenvalue weighted by Crippen LogP contribution is 2.14. The molecule has 0 radical (unpaired) electrons. The number of guanidine groups is 1. The highest BCUT2D eigenvalue weighted by Gasteiger charge is 2.14. The summed E-state index contributed by atoms with van der Waals surface area (Å²) in [5, 5.41) is 6.90. The summed E-state index contributed by atoms with van der Waals surface area (Å²) in [6, 6.07) is 9.02. The summed E-state index contributed by atoms with van der Waals surface area (Å²) >= 11 is 0. The third kappa shape index (κ3) is 10.1. The average molecular weight is 503 g/mol. The summed E-state index contributed by atoms with van der Waals surface area (Å²) in [5.74, 6) is 0.864. The molecule has 0 spiro atoms. The molecule has 1 fully saturated rings. The van der Waals surface area contributed by atoms with Crippen LogP contribution >= 0.6 is 24.0 Å². The molecule has 0 amide bonds. The van der Waals surface area contributed by atoms with Gasteiger partial charge in [-0.3, -0.25) is 4.99 Å². The Morgan fingerprint density at radius 2 is 2.00 bits per heavy atom. The molecule has 5 nitrogen and oxygen atoms in total. The number of aliphatic imine (C=N–C) groups is 1. The van der Waals surface area contributed by atoms with Gasteiger partial charge < -0.3 is 20.1 Å². The molecular formula is C22H38IN3O2. The molecule has 1 aliphatic rings. The molecule has 0 saturated carbocycles. The SMILES string of the molecule is CCCCCC(C)NC(=NC)NCc1cccc(COC2CCOCC2)c1.I. The third-order valence-corrected chi connectivity index (χ3v) is 4.95. The summed E-state index contributed by atoms with van der Waals surface area (Å²) in [5.41, 5.74) is 2.46. The van der Waals surface area contributed by atoms with Gasteiger partial charge in [0.05, 0.1) is 12.7 Å². The predicted molar refractivity (Wildman–Crippen MR) is 127 cm³/mol. The summed E-state index contributed by atoms with van der Waals surface area (Å²) in [6.45, 7) is 7.51. The first-order valence-corrected chi connectivity index (χ1v) is 10.5. The van der Waals surface area contributed by atoms with Crippen molar-refractivity contribution < 1.29 is 9.47 Å². The van der Waals surface area contributed by atoms with E-state index < -0.39 is 0 Å². The van der Waals surface area contributed by atoms with Gasteiger partial charge in [-0.25, -0.2) is 0 Å². The number of benzene rings is 1. The Hall–Kier alpha value is -0.860. The quantitative estimate of drug-likeness (QED) is 0.212. The monoisotopic (exact) mass is 503 g/mol. The third-order valence-electron chi connectivity index (χ3n) is 4.95. The number of nitrogens with zero attached hydrogens (tertiary/aromatic N) is 1. The molecule has 28 heavy (non-hydrogen) atoms. The Kier molecular flexibility index (Phi) is 13.5. The van der Waals surface area contributed by atoms with Crippen LogP contribution in [0.1, 0.15) is 63.5 Å². The van der Waals surface area contributed by atoms with Gasteiger partial charge in [0.1, 0.15) is 0 Å². The number of halogens is 1. The van der Waals surface area contributed by atoms with Gasteiger partial charge in [0, 0.05) is 32.8 Å². The topological polar surface area (TPSA) is 54.9 Å². The van der Waals surface area contributed by atoms with Crippen LogP contribution in [-0.4, -0.2) is 38.4 Å². The maximum atomic E-state index is 6.03. The minimum Gasteiger partial charge on any atom is -0.381 e. The van der Waals surface area contributed by atoms with Gasteiger partial charge in [-0.05, 0) is 37.3 Å². The second kappa shape index (κ2) is 15.0. The molecule has 2 rings (SSSR count). The number of rotatable bonds is 10. The van der Waals surface area contributed by atoms with E-state index in [0.29, 0.717) is 18.8 Å². The molecule has 1 saturated heterocycles. The van der Waals surface area contributed by atoms with E-state index in [0.717, 1.165) is 38.6 Å². The van der Waals surface area contributed by atoms with E-state index >= 15 is 0 Å². The lowest BCUT2D eigenvalue weighted by Gasteiger charge is -2.22. The van der Waals surface area contributed by atoms with Gasteiger partial charge in [0.25, 0.3) is 0 Å². The zero-order valence-electron chi connectivity index (χ0n) is 17.7. The molecule has 0 aliphatic carbocycles. The molecule has 1 unspecified atom stereocenters. The van der Waals surface area contributed by atoms with Crippen LogP contribution in [0.25, 0.3) is 0 Å². The normalized spacial score (nSPS) is 16.3. The lowest BCUT2D eigenvalue weighted by atomic mass is 10.1. The van der Waals surface area contributed by atoms with Crippen LogP contribution in [0.3, 0.4) is 0 Å². The summed E-state index contributed by atoms with van der Waals surface area (Å²) < 4.78 is 11.4. The van der Waals surface area contributed by atoms with Gasteiger partial charge in [-0.1, -0.05) is 50.5 Å². The van der Waals surface area contributed by atoms with Crippen LogP contribution in [-0.2, 0) is 22.6 Å². The van der Waals surface area contributed by atoms with Gasteiger partial charge in [0.2, 0.25) is 0 Å². The molecule has 0 aromatic heterocycles. The Morgan fingerprint density at radius 1 is 1.25 bits per heavy atom. The highest BCUT2D eigenvalue weighted by molar-refractivity contribution is 14.0. The number of hydrogen-bond acceptors (Lipinski definition) is 3. The van der Waals surface area contributed by atoms with E-state index in [4.69, 9.17) is 9.47 Å². The van der Waals surface area contributed by atoms with Gasteiger partial charge in [-0.2, -0.15) is 0 Å². The van der Waals surface area contributed by atoms with Crippen molar-refractivity contribution in [3.63, 3.8) is 0 Å². The Morgan fingerprint density at radius 3 is 2.71 bits per heavy atom. The molecule has 2 N–H and O–H groups in total. The van der Waals surface area contributed by atoms with E-state index in [-0.39, 0.29) is 24.0 Å². The van der Waals surface area contributed by atoms with E-state index in [1.165, 1.54) is 36.8 Å². The molecular weight excluding hydrogens is 465 g/mol. The molecule has 160 valence electrons. The minimum atomic E-state index is 0. The highest BCUT2D eigenvalue weighted by atomic mass is 127. The van der Waals surface area contributed by atoms with Crippen molar-refractivity contribution in [3.05, 3.63) is 35.4 Å². The standard InChI is InChI=1S/C22H37N3O2.HI/c1-4-5-6-8-18(2)25-22(23-3)24-16-19-9-7-10-20(15-19)17-27-21-11-13-26-14-12-21;/h7,9-10,15,18,21H,4-6,8,11-14,16-17H2,1-3H3,(H2,23,24,25);1H. The Balaban J connectivity index is 0.00000392. The fourth-order valence-corrected chi connectivity index (χ4v) is 3.27.